The van der Waals surface area contributed by atoms with Gasteiger partial charge in [0.15, 0.2) is 0 Å². The van der Waals surface area contributed by atoms with E-state index in [0.29, 0.717) is 5.52 Å². The Morgan fingerprint density at radius 2 is 1.95 bits per heavy atom. The highest BCUT2D eigenvalue weighted by Crippen LogP contribution is 2.25. The molecule has 0 aliphatic carbocycles. The van der Waals surface area contributed by atoms with E-state index in [-0.39, 0.29) is 11.2 Å². The Kier molecular flexibility index (Phi) is 3.56. The molecular weight excluding hydrogens is 279 g/mol. The van der Waals surface area contributed by atoms with Gasteiger partial charge in [0.25, 0.3) is 0 Å². The van der Waals surface area contributed by atoms with Gasteiger partial charge in [-0.25, -0.2) is 14.1 Å². The third kappa shape index (κ3) is 2.36. The van der Waals surface area contributed by atoms with Crippen LogP contribution in [0.1, 0.15) is 18.1 Å². The van der Waals surface area contributed by atoms with Gasteiger partial charge in [0, 0.05) is 32.2 Å². The SMILES string of the molecule is CC(Cl)c1nc2cc(F)ccc2n1N1CCN(C)CC1. The van der Waals surface area contributed by atoms with E-state index in [9.17, 15) is 4.39 Å². The van der Waals surface area contributed by atoms with Crippen molar-refractivity contribution in [2.75, 3.05) is 38.2 Å². The second kappa shape index (κ2) is 5.22. The predicted molar refractivity (Wildman–Crippen MR) is 79.4 cm³/mol. The Bertz CT molecular complexity index is 617. The maximum atomic E-state index is 13.4. The molecule has 1 fully saturated rings. The predicted octanol–water partition coefficient (Wildman–Crippen LogP) is 2.36. The molecule has 0 spiro atoms. The van der Waals surface area contributed by atoms with E-state index in [2.05, 4.69) is 26.6 Å². The third-order valence-corrected chi connectivity index (χ3v) is 3.93. The van der Waals surface area contributed by atoms with Gasteiger partial charge in [-0.2, -0.15) is 0 Å². The van der Waals surface area contributed by atoms with Crippen LogP contribution >= 0.6 is 11.6 Å². The van der Waals surface area contributed by atoms with Gasteiger partial charge in [-0.3, -0.25) is 0 Å². The van der Waals surface area contributed by atoms with Gasteiger partial charge in [-0.1, -0.05) is 0 Å². The number of imidazole rings is 1. The number of fused-ring (bicyclic) bond motifs is 1. The van der Waals surface area contributed by atoms with E-state index in [0.717, 1.165) is 37.5 Å². The maximum Gasteiger partial charge on any atom is 0.146 e. The second-order valence-electron chi connectivity index (χ2n) is 5.29. The molecule has 0 amide bonds. The average molecular weight is 297 g/mol. The molecule has 1 aliphatic rings. The van der Waals surface area contributed by atoms with Crippen LogP contribution in [0.2, 0.25) is 0 Å². The van der Waals surface area contributed by atoms with Crippen LogP contribution in [0.25, 0.3) is 11.0 Å². The summed E-state index contributed by atoms with van der Waals surface area (Å²) in [5.41, 5.74) is 1.57. The summed E-state index contributed by atoms with van der Waals surface area (Å²) >= 11 is 6.25. The van der Waals surface area contributed by atoms with Crippen LogP contribution in [0, 0.1) is 5.82 Å². The Balaban J connectivity index is 2.09. The molecule has 0 radical (unpaired) electrons. The first-order chi connectivity index (χ1) is 9.56. The minimum Gasteiger partial charge on any atom is -0.308 e. The summed E-state index contributed by atoms with van der Waals surface area (Å²) < 4.78 is 15.4. The number of benzene rings is 1. The van der Waals surface area contributed by atoms with Gasteiger partial charge in [-0.15, -0.1) is 11.6 Å². The van der Waals surface area contributed by atoms with Gasteiger partial charge < -0.3 is 9.91 Å². The number of alkyl halides is 1. The molecule has 0 bridgehead atoms. The summed E-state index contributed by atoms with van der Waals surface area (Å²) in [6, 6.07) is 4.71. The summed E-state index contributed by atoms with van der Waals surface area (Å²) in [5.74, 6) is 0.506. The van der Waals surface area contributed by atoms with E-state index >= 15 is 0 Å². The van der Waals surface area contributed by atoms with Crippen molar-refractivity contribution < 1.29 is 4.39 Å². The Morgan fingerprint density at radius 1 is 1.25 bits per heavy atom. The summed E-state index contributed by atoms with van der Waals surface area (Å²) in [5, 5.41) is 2.02. The van der Waals surface area contributed by atoms with Crippen LogP contribution in [0.5, 0.6) is 0 Å². The van der Waals surface area contributed by atoms with E-state index in [1.54, 1.807) is 6.07 Å². The zero-order valence-corrected chi connectivity index (χ0v) is 12.4. The van der Waals surface area contributed by atoms with E-state index in [1.165, 1.54) is 12.1 Å². The summed E-state index contributed by atoms with van der Waals surface area (Å²) in [6.45, 7) is 5.71. The van der Waals surface area contributed by atoms with Gasteiger partial charge in [0.1, 0.15) is 11.6 Å². The highest BCUT2D eigenvalue weighted by Gasteiger charge is 2.22. The standard InChI is InChI=1S/C14H18ClFN4/c1-10(15)14-17-12-9-11(16)3-4-13(12)20(14)19-7-5-18(2)6-8-19/h3-4,9-10H,5-8H2,1-2H3. The highest BCUT2D eigenvalue weighted by atomic mass is 35.5. The van der Waals surface area contributed by atoms with Crippen LogP contribution in [0.4, 0.5) is 4.39 Å². The lowest BCUT2D eigenvalue weighted by molar-refractivity contribution is 0.287. The number of rotatable bonds is 2. The molecule has 4 nitrogen and oxygen atoms in total. The first kappa shape index (κ1) is 13.6. The molecule has 1 unspecified atom stereocenters. The summed E-state index contributed by atoms with van der Waals surface area (Å²) in [6.07, 6.45) is 0. The Labute approximate surface area is 122 Å². The fourth-order valence-electron chi connectivity index (χ4n) is 2.61. The van der Waals surface area contributed by atoms with Gasteiger partial charge >= 0.3 is 0 Å². The lowest BCUT2D eigenvalue weighted by Gasteiger charge is -2.35. The Hall–Kier alpha value is -1.33. The molecule has 1 aromatic heterocycles. The largest absolute Gasteiger partial charge is 0.308 e. The minimum absolute atomic E-state index is 0.217. The van der Waals surface area contributed by atoms with E-state index in [1.807, 2.05) is 6.92 Å². The molecule has 0 saturated carbocycles. The first-order valence-electron chi connectivity index (χ1n) is 6.82. The number of piperazine rings is 1. The molecule has 1 saturated heterocycles. The summed E-state index contributed by atoms with van der Waals surface area (Å²) in [4.78, 5) is 6.79. The van der Waals surface area contributed by atoms with Crippen LogP contribution in [0.15, 0.2) is 18.2 Å². The molecule has 20 heavy (non-hydrogen) atoms. The molecule has 2 aromatic rings. The topological polar surface area (TPSA) is 24.3 Å². The molecule has 1 atom stereocenters. The quantitative estimate of drug-likeness (QED) is 0.795. The molecule has 108 valence electrons. The monoisotopic (exact) mass is 296 g/mol. The van der Waals surface area contributed by atoms with Gasteiger partial charge in [0.2, 0.25) is 0 Å². The highest BCUT2D eigenvalue weighted by molar-refractivity contribution is 6.20. The van der Waals surface area contributed by atoms with E-state index < -0.39 is 0 Å². The van der Waals surface area contributed by atoms with Crippen molar-refractivity contribution in [3.63, 3.8) is 0 Å². The van der Waals surface area contributed by atoms with Gasteiger partial charge in [0.05, 0.1) is 16.4 Å². The molecule has 3 rings (SSSR count). The number of halogens is 2. The molecular formula is C14H18ClFN4. The molecule has 0 N–H and O–H groups in total. The Morgan fingerprint density at radius 3 is 2.60 bits per heavy atom. The van der Waals surface area contributed by atoms with Crippen molar-refractivity contribution in [2.24, 2.45) is 0 Å². The normalized spacial score (nSPS) is 18.7. The number of likely N-dealkylation sites (N-methyl/N-ethyl adjacent to an activating group) is 1. The maximum absolute atomic E-state index is 13.4. The number of aromatic nitrogens is 2. The second-order valence-corrected chi connectivity index (χ2v) is 5.94. The average Bonchev–Trinajstić information content (AvgIpc) is 2.78. The van der Waals surface area contributed by atoms with Crippen LogP contribution < -0.4 is 5.01 Å². The third-order valence-electron chi connectivity index (χ3n) is 3.74. The summed E-state index contributed by atoms with van der Waals surface area (Å²) in [7, 11) is 2.11. The molecule has 1 aliphatic heterocycles. The van der Waals surface area contributed by atoms with Crippen molar-refractivity contribution in [1.82, 2.24) is 14.6 Å². The first-order valence-corrected chi connectivity index (χ1v) is 7.25. The van der Waals surface area contributed by atoms with Crippen molar-refractivity contribution >= 4 is 22.6 Å². The number of hydrogen-bond donors (Lipinski definition) is 0. The molecule has 1 aromatic carbocycles. The van der Waals surface area contributed by atoms with Gasteiger partial charge in [-0.05, 0) is 26.1 Å². The minimum atomic E-state index is -0.269. The zero-order valence-electron chi connectivity index (χ0n) is 11.7. The van der Waals surface area contributed by atoms with Crippen molar-refractivity contribution in [2.45, 2.75) is 12.3 Å². The van der Waals surface area contributed by atoms with Crippen LogP contribution in [-0.2, 0) is 0 Å². The number of nitrogens with zero attached hydrogens (tertiary/aromatic N) is 4. The zero-order chi connectivity index (χ0) is 14.3. The van der Waals surface area contributed by atoms with Crippen LogP contribution in [0.3, 0.4) is 0 Å². The van der Waals surface area contributed by atoms with Crippen LogP contribution in [-0.4, -0.2) is 47.8 Å². The fourth-order valence-corrected chi connectivity index (χ4v) is 2.75. The molecule has 6 heteroatoms. The lowest BCUT2D eigenvalue weighted by atomic mass is 10.3. The fraction of sp³-hybridized carbons (Fsp3) is 0.500. The van der Waals surface area contributed by atoms with E-state index in [4.69, 9.17) is 11.6 Å². The van der Waals surface area contributed by atoms with Crippen molar-refractivity contribution in [3.8, 4) is 0 Å². The molecule has 2 heterocycles. The smallest absolute Gasteiger partial charge is 0.146 e. The lowest BCUT2D eigenvalue weighted by Crippen LogP contribution is -2.50. The number of hydrogen-bond acceptors (Lipinski definition) is 3. The van der Waals surface area contributed by atoms with Crippen molar-refractivity contribution in [1.29, 1.82) is 0 Å². The van der Waals surface area contributed by atoms with Crippen molar-refractivity contribution in [3.05, 3.63) is 29.8 Å².